The van der Waals surface area contributed by atoms with Crippen molar-refractivity contribution in [3.63, 3.8) is 0 Å². The maximum atomic E-state index is 13.2. The summed E-state index contributed by atoms with van der Waals surface area (Å²) in [6.45, 7) is 10.4. The largest absolute Gasteiger partial charge is 0.350 e. The second kappa shape index (κ2) is 10.5. The molecule has 1 amide bonds. The van der Waals surface area contributed by atoms with Crippen LogP contribution in [0.2, 0.25) is 0 Å². The van der Waals surface area contributed by atoms with E-state index >= 15 is 0 Å². The van der Waals surface area contributed by atoms with Gasteiger partial charge >= 0.3 is 0 Å². The molecule has 6 heteroatoms. The number of nitrogens with one attached hydrogen (secondary N) is 1. The molecular formula is C32H34N2O3S. The number of benzene rings is 3. The molecule has 0 atom stereocenters. The van der Waals surface area contributed by atoms with Gasteiger partial charge in [-0.05, 0) is 84.0 Å². The van der Waals surface area contributed by atoms with Crippen LogP contribution < -0.4 is 5.32 Å². The molecule has 38 heavy (non-hydrogen) atoms. The Hall–Kier alpha value is -3.77. The van der Waals surface area contributed by atoms with E-state index < -0.39 is 9.84 Å². The van der Waals surface area contributed by atoms with E-state index in [1.54, 1.807) is 18.3 Å². The van der Waals surface area contributed by atoms with Crippen LogP contribution in [0.1, 0.15) is 51.3 Å². The Labute approximate surface area is 225 Å². The molecular weight excluding hydrogens is 492 g/mol. The number of aromatic nitrogens is 1. The number of fused-ring (bicyclic) bond motifs is 1. The minimum atomic E-state index is -3.34. The Kier molecular flexibility index (Phi) is 7.56. The van der Waals surface area contributed by atoms with Gasteiger partial charge in [0, 0.05) is 35.0 Å². The monoisotopic (exact) mass is 526 g/mol. The van der Waals surface area contributed by atoms with Gasteiger partial charge in [0.15, 0.2) is 9.84 Å². The zero-order valence-electron chi connectivity index (χ0n) is 22.7. The summed E-state index contributed by atoms with van der Waals surface area (Å²) in [5, 5.41) is 4.05. The average Bonchev–Trinajstić information content (AvgIpc) is 2.85. The van der Waals surface area contributed by atoms with Gasteiger partial charge in [-0.1, -0.05) is 57.2 Å². The van der Waals surface area contributed by atoms with Gasteiger partial charge in [-0.2, -0.15) is 0 Å². The van der Waals surface area contributed by atoms with Crippen molar-refractivity contribution in [3.05, 3.63) is 95.7 Å². The first-order valence-electron chi connectivity index (χ1n) is 12.7. The van der Waals surface area contributed by atoms with Crippen LogP contribution in [0.4, 0.5) is 0 Å². The van der Waals surface area contributed by atoms with E-state index in [4.69, 9.17) is 0 Å². The molecule has 0 saturated carbocycles. The normalized spacial score (nSPS) is 12.7. The molecule has 3 aromatic carbocycles. The van der Waals surface area contributed by atoms with Crippen molar-refractivity contribution in [1.82, 2.24) is 10.3 Å². The van der Waals surface area contributed by atoms with Crippen molar-refractivity contribution in [2.45, 2.75) is 51.0 Å². The van der Waals surface area contributed by atoms with Crippen molar-refractivity contribution >= 4 is 38.3 Å². The SMILES string of the molecule is CC(C)NC(=O)/C(=C/c1cccc(-c2cc(C(C)(C)C)cc3cccnc23)c1)c1ccc(S(C)(=O)=O)cc1. The molecule has 0 unspecified atom stereocenters. The molecule has 0 aliphatic carbocycles. The van der Waals surface area contributed by atoms with E-state index in [0.29, 0.717) is 11.1 Å². The standard InChI is InChI=1S/C32H34N2O3S/c1-21(2)34-31(35)29(23-12-14-27(15-13-23)38(6,36)37)18-22-9-7-10-24(17-22)28-20-26(32(3,4)5)19-25-11-8-16-33-30(25)28/h7-21H,1-6H3,(H,34,35)/b29-18+. The third-order valence-electron chi connectivity index (χ3n) is 6.34. The topological polar surface area (TPSA) is 76.1 Å². The first-order chi connectivity index (χ1) is 17.8. The predicted octanol–water partition coefficient (Wildman–Crippen LogP) is 6.67. The number of sulfone groups is 1. The highest BCUT2D eigenvalue weighted by molar-refractivity contribution is 7.90. The van der Waals surface area contributed by atoms with Gasteiger partial charge in [0.05, 0.1) is 10.4 Å². The third-order valence-corrected chi connectivity index (χ3v) is 7.47. The fraction of sp³-hybridized carbons (Fsp3) is 0.250. The highest BCUT2D eigenvalue weighted by Gasteiger charge is 2.18. The number of carbonyl (C=O) groups excluding carboxylic acids is 1. The molecule has 0 aliphatic heterocycles. The van der Waals surface area contributed by atoms with Crippen LogP contribution in [0.5, 0.6) is 0 Å². The molecule has 5 nitrogen and oxygen atoms in total. The van der Waals surface area contributed by atoms with Crippen LogP contribution in [0, 0.1) is 0 Å². The smallest absolute Gasteiger partial charge is 0.252 e. The Morgan fingerprint density at radius 1 is 0.947 bits per heavy atom. The lowest BCUT2D eigenvalue weighted by atomic mass is 9.84. The molecule has 0 saturated heterocycles. The summed E-state index contributed by atoms with van der Waals surface area (Å²) >= 11 is 0. The zero-order chi connectivity index (χ0) is 27.7. The van der Waals surface area contributed by atoms with Gasteiger partial charge < -0.3 is 5.32 Å². The molecule has 4 aromatic rings. The van der Waals surface area contributed by atoms with Crippen molar-refractivity contribution in [3.8, 4) is 11.1 Å². The molecule has 1 heterocycles. The molecule has 0 bridgehead atoms. The highest BCUT2D eigenvalue weighted by Crippen LogP contribution is 2.34. The lowest BCUT2D eigenvalue weighted by Crippen LogP contribution is -2.30. The van der Waals surface area contributed by atoms with E-state index in [1.165, 1.54) is 24.0 Å². The maximum absolute atomic E-state index is 13.2. The number of pyridine rings is 1. The highest BCUT2D eigenvalue weighted by atomic mass is 32.2. The van der Waals surface area contributed by atoms with Crippen molar-refractivity contribution < 1.29 is 13.2 Å². The second-order valence-corrected chi connectivity index (χ2v) is 13.0. The van der Waals surface area contributed by atoms with Crippen LogP contribution in [0.15, 0.2) is 83.9 Å². The first-order valence-corrected chi connectivity index (χ1v) is 14.5. The van der Waals surface area contributed by atoms with Crippen LogP contribution in [-0.4, -0.2) is 31.6 Å². The summed E-state index contributed by atoms with van der Waals surface area (Å²) in [7, 11) is -3.34. The number of hydrogen-bond donors (Lipinski definition) is 1. The number of hydrogen-bond acceptors (Lipinski definition) is 4. The van der Waals surface area contributed by atoms with Crippen LogP contribution in [-0.2, 0) is 20.0 Å². The molecule has 1 aromatic heterocycles. The minimum absolute atomic E-state index is 0.0312. The second-order valence-electron chi connectivity index (χ2n) is 11.0. The Balaban J connectivity index is 1.85. The van der Waals surface area contributed by atoms with Gasteiger partial charge in [0.1, 0.15) is 0 Å². The summed E-state index contributed by atoms with van der Waals surface area (Å²) < 4.78 is 23.9. The van der Waals surface area contributed by atoms with E-state index in [0.717, 1.165) is 27.6 Å². The Morgan fingerprint density at radius 2 is 1.66 bits per heavy atom. The zero-order valence-corrected chi connectivity index (χ0v) is 23.6. The number of carbonyl (C=O) groups is 1. The number of rotatable bonds is 6. The fourth-order valence-corrected chi connectivity index (χ4v) is 4.94. The summed E-state index contributed by atoms with van der Waals surface area (Å²) in [5.74, 6) is -0.223. The summed E-state index contributed by atoms with van der Waals surface area (Å²) in [6.07, 6.45) is 4.82. The molecule has 0 radical (unpaired) electrons. The van der Waals surface area contributed by atoms with Crippen LogP contribution >= 0.6 is 0 Å². The van der Waals surface area contributed by atoms with E-state index in [-0.39, 0.29) is 22.3 Å². The van der Waals surface area contributed by atoms with Crippen LogP contribution in [0.25, 0.3) is 33.7 Å². The van der Waals surface area contributed by atoms with Gasteiger partial charge in [0.25, 0.3) is 5.91 Å². The Morgan fingerprint density at radius 3 is 2.29 bits per heavy atom. The minimum Gasteiger partial charge on any atom is -0.350 e. The quantitative estimate of drug-likeness (QED) is 0.225. The van der Waals surface area contributed by atoms with Crippen LogP contribution in [0.3, 0.4) is 0 Å². The molecule has 196 valence electrons. The maximum Gasteiger partial charge on any atom is 0.252 e. The number of amides is 1. The number of nitrogens with zero attached hydrogens (tertiary/aromatic N) is 1. The predicted molar refractivity (Wildman–Crippen MR) is 157 cm³/mol. The lowest BCUT2D eigenvalue weighted by molar-refractivity contribution is -0.116. The summed E-state index contributed by atoms with van der Waals surface area (Å²) in [5.41, 5.74) is 6.11. The molecule has 4 rings (SSSR count). The van der Waals surface area contributed by atoms with Gasteiger partial charge in [0.2, 0.25) is 0 Å². The average molecular weight is 527 g/mol. The first kappa shape index (κ1) is 27.3. The summed E-state index contributed by atoms with van der Waals surface area (Å²) in [6, 6.07) is 22.9. The van der Waals surface area contributed by atoms with Gasteiger partial charge in [-0.3, -0.25) is 9.78 Å². The van der Waals surface area contributed by atoms with Crippen molar-refractivity contribution in [1.29, 1.82) is 0 Å². The Bertz CT molecular complexity index is 1630. The van der Waals surface area contributed by atoms with E-state index in [2.05, 4.69) is 61.4 Å². The van der Waals surface area contributed by atoms with Crippen molar-refractivity contribution in [2.75, 3.05) is 6.26 Å². The molecule has 0 fully saturated rings. The van der Waals surface area contributed by atoms with E-state index in [9.17, 15) is 13.2 Å². The molecule has 0 aliphatic rings. The fourth-order valence-electron chi connectivity index (χ4n) is 4.31. The van der Waals surface area contributed by atoms with Crippen molar-refractivity contribution in [2.24, 2.45) is 0 Å². The molecule has 0 spiro atoms. The lowest BCUT2D eigenvalue weighted by Gasteiger charge is -2.21. The van der Waals surface area contributed by atoms with Gasteiger partial charge in [-0.25, -0.2) is 8.42 Å². The third kappa shape index (κ3) is 6.20. The molecule has 1 N–H and O–H groups in total. The van der Waals surface area contributed by atoms with Gasteiger partial charge in [-0.15, -0.1) is 0 Å². The summed E-state index contributed by atoms with van der Waals surface area (Å²) in [4.78, 5) is 18.1. The van der Waals surface area contributed by atoms with E-state index in [1.807, 2.05) is 38.1 Å².